The van der Waals surface area contributed by atoms with E-state index in [-0.39, 0.29) is 29.3 Å². The van der Waals surface area contributed by atoms with Crippen LogP contribution in [0.4, 0.5) is 0 Å². The minimum Gasteiger partial charge on any atom is -0.352 e. The second-order valence-corrected chi connectivity index (χ2v) is 6.24. The fraction of sp³-hybridized carbons (Fsp3) is 0.923. The summed E-state index contributed by atoms with van der Waals surface area (Å²) in [6.07, 6.45) is 4.39. The summed E-state index contributed by atoms with van der Waals surface area (Å²) in [6.45, 7) is 6.48. The highest BCUT2D eigenvalue weighted by molar-refractivity contribution is 5.79. The smallest absolute Gasteiger partial charge is 0.223 e. The first-order valence-corrected chi connectivity index (χ1v) is 6.49. The minimum atomic E-state index is 0.0670. The van der Waals surface area contributed by atoms with Gasteiger partial charge >= 0.3 is 0 Å². The zero-order valence-corrected chi connectivity index (χ0v) is 10.6. The molecule has 0 radical (unpaired) electrons. The quantitative estimate of drug-likeness (QED) is 0.749. The Labute approximate surface area is 98.2 Å². The van der Waals surface area contributed by atoms with Crippen molar-refractivity contribution in [2.75, 3.05) is 0 Å². The Kier molecular flexibility index (Phi) is 2.99. The van der Waals surface area contributed by atoms with E-state index in [9.17, 15) is 4.79 Å². The van der Waals surface area contributed by atoms with E-state index in [0.717, 1.165) is 12.8 Å². The Morgan fingerprint density at radius 1 is 1.38 bits per heavy atom. The molecule has 0 bridgehead atoms. The molecule has 0 heterocycles. The van der Waals surface area contributed by atoms with Crippen molar-refractivity contribution in [2.24, 2.45) is 23.0 Å². The Morgan fingerprint density at radius 2 is 2.06 bits per heavy atom. The highest BCUT2D eigenvalue weighted by Crippen LogP contribution is 2.40. The van der Waals surface area contributed by atoms with Crippen molar-refractivity contribution in [2.45, 2.75) is 58.5 Å². The van der Waals surface area contributed by atoms with Crippen molar-refractivity contribution in [1.29, 1.82) is 0 Å². The van der Waals surface area contributed by atoms with Crippen LogP contribution in [0, 0.1) is 17.3 Å². The van der Waals surface area contributed by atoms with E-state index in [1.54, 1.807) is 0 Å². The van der Waals surface area contributed by atoms with E-state index in [1.807, 2.05) is 0 Å². The van der Waals surface area contributed by atoms with Gasteiger partial charge in [-0.1, -0.05) is 27.2 Å². The highest BCUT2D eigenvalue weighted by atomic mass is 16.2. The van der Waals surface area contributed by atoms with Crippen molar-refractivity contribution in [3.05, 3.63) is 0 Å². The van der Waals surface area contributed by atoms with Crippen LogP contribution in [0.25, 0.3) is 0 Å². The van der Waals surface area contributed by atoms with Gasteiger partial charge in [0.25, 0.3) is 0 Å². The average Bonchev–Trinajstić information content (AvgIpc) is 2.64. The van der Waals surface area contributed by atoms with Crippen molar-refractivity contribution >= 4 is 5.91 Å². The zero-order chi connectivity index (χ0) is 11.9. The molecule has 4 atom stereocenters. The van der Waals surface area contributed by atoms with Gasteiger partial charge in [0.05, 0.1) is 0 Å². The van der Waals surface area contributed by atoms with E-state index in [1.165, 1.54) is 12.8 Å². The topological polar surface area (TPSA) is 55.1 Å². The molecule has 92 valence electrons. The van der Waals surface area contributed by atoms with Crippen LogP contribution in [0.2, 0.25) is 0 Å². The summed E-state index contributed by atoms with van der Waals surface area (Å²) in [5, 5.41) is 3.19. The molecule has 3 nitrogen and oxygen atoms in total. The molecule has 2 aliphatic rings. The minimum absolute atomic E-state index is 0.0670. The molecule has 2 aliphatic carbocycles. The van der Waals surface area contributed by atoms with E-state index in [0.29, 0.717) is 5.92 Å². The summed E-state index contributed by atoms with van der Waals surface area (Å²) in [4.78, 5) is 12.1. The lowest BCUT2D eigenvalue weighted by molar-refractivity contribution is -0.129. The first kappa shape index (κ1) is 11.9. The third-order valence-corrected chi connectivity index (χ3v) is 4.86. The maximum atomic E-state index is 12.1. The average molecular weight is 224 g/mol. The van der Waals surface area contributed by atoms with Crippen molar-refractivity contribution in [3.8, 4) is 0 Å². The molecular weight excluding hydrogens is 200 g/mol. The second kappa shape index (κ2) is 4.02. The molecule has 0 saturated heterocycles. The van der Waals surface area contributed by atoms with Crippen LogP contribution >= 0.6 is 0 Å². The maximum absolute atomic E-state index is 12.1. The molecule has 3 N–H and O–H groups in total. The largest absolute Gasteiger partial charge is 0.352 e. The number of carbonyl (C=O) groups excluding carboxylic acids is 1. The van der Waals surface area contributed by atoms with Gasteiger partial charge < -0.3 is 11.1 Å². The number of nitrogens with one attached hydrogen (secondary N) is 1. The summed E-state index contributed by atoms with van der Waals surface area (Å²) in [7, 11) is 0. The molecule has 0 aromatic rings. The summed E-state index contributed by atoms with van der Waals surface area (Å²) >= 11 is 0. The van der Waals surface area contributed by atoms with Crippen molar-refractivity contribution in [3.63, 3.8) is 0 Å². The molecule has 2 fully saturated rings. The standard InChI is InChI=1S/C13H24N2O/c1-8-5-4-6-9(8)12(16)15-11-7-10(14)13(11,2)3/h8-11H,4-7,14H2,1-3H3,(H,15,16). The summed E-state index contributed by atoms with van der Waals surface area (Å²) in [6, 6.07) is 0.515. The molecule has 1 amide bonds. The molecule has 16 heavy (non-hydrogen) atoms. The third-order valence-electron chi connectivity index (χ3n) is 4.86. The summed E-state index contributed by atoms with van der Waals surface area (Å²) < 4.78 is 0. The number of nitrogens with two attached hydrogens (primary N) is 1. The van der Waals surface area contributed by atoms with Gasteiger partial charge in [-0.05, 0) is 25.2 Å². The number of rotatable bonds is 2. The zero-order valence-electron chi connectivity index (χ0n) is 10.6. The van der Waals surface area contributed by atoms with Gasteiger partial charge in [0, 0.05) is 23.4 Å². The number of hydrogen-bond donors (Lipinski definition) is 2. The molecule has 0 spiro atoms. The monoisotopic (exact) mass is 224 g/mol. The van der Waals surface area contributed by atoms with Crippen LogP contribution in [-0.4, -0.2) is 18.0 Å². The lowest BCUT2D eigenvalue weighted by Gasteiger charge is -2.50. The van der Waals surface area contributed by atoms with Crippen LogP contribution in [-0.2, 0) is 4.79 Å². The molecule has 4 unspecified atom stereocenters. The van der Waals surface area contributed by atoms with Crippen LogP contribution in [0.5, 0.6) is 0 Å². The van der Waals surface area contributed by atoms with E-state index in [4.69, 9.17) is 5.73 Å². The van der Waals surface area contributed by atoms with Crippen molar-refractivity contribution < 1.29 is 4.79 Å². The van der Waals surface area contributed by atoms with Crippen LogP contribution < -0.4 is 11.1 Å². The number of carbonyl (C=O) groups is 1. The second-order valence-electron chi connectivity index (χ2n) is 6.24. The lowest BCUT2D eigenvalue weighted by atomic mass is 9.63. The molecule has 2 saturated carbocycles. The molecule has 2 rings (SSSR count). The first-order valence-electron chi connectivity index (χ1n) is 6.49. The van der Waals surface area contributed by atoms with E-state index < -0.39 is 0 Å². The summed E-state index contributed by atoms with van der Waals surface area (Å²) in [5.41, 5.74) is 6.02. The SMILES string of the molecule is CC1CCCC1C(=O)NC1CC(N)C1(C)C. The van der Waals surface area contributed by atoms with Gasteiger partial charge in [-0.3, -0.25) is 4.79 Å². The normalized spacial score (nSPS) is 41.5. The fourth-order valence-electron chi connectivity index (χ4n) is 3.02. The molecule has 0 aliphatic heterocycles. The number of amides is 1. The summed E-state index contributed by atoms with van der Waals surface area (Å²) in [5.74, 6) is 1.06. The third kappa shape index (κ3) is 1.86. The Bertz CT molecular complexity index is 288. The molecule has 0 aromatic heterocycles. The Balaban J connectivity index is 1.89. The fourth-order valence-corrected chi connectivity index (χ4v) is 3.02. The van der Waals surface area contributed by atoms with Gasteiger partial charge in [-0.25, -0.2) is 0 Å². The van der Waals surface area contributed by atoms with Crippen LogP contribution in [0.1, 0.15) is 46.5 Å². The van der Waals surface area contributed by atoms with Crippen LogP contribution in [0.3, 0.4) is 0 Å². The van der Waals surface area contributed by atoms with Gasteiger partial charge in [-0.15, -0.1) is 0 Å². The first-order chi connectivity index (χ1) is 7.43. The van der Waals surface area contributed by atoms with Gasteiger partial charge in [0.15, 0.2) is 0 Å². The predicted octanol–water partition coefficient (Wildman–Crippen LogP) is 1.66. The van der Waals surface area contributed by atoms with Gasteiger partial charge in [0.1, 0.15) is 0 Å². The van der Waals surface area contributed by atoms with E-state index >= 15 is 0 Å². The highest BCUT2D eigenvalue weighted by Gasteiger charge is 2.47. The Hall–Kier alpha value is -0.570. The Morgan fingerprint density at radius 3 is 2.50 bits per heavy atom. The maximum Gasteiger partial charge on any atom is 0.223 e. The predicted molar refractivity (Wildman–Crippen MR) is 64.8 cm³/mol. The van der Waals surface area contributed by atoms with Crippen molar-refractivity contribution in [1.82, 2.24) is 5.32 Å². The molecular formula is C13H24N2O. The van der Waals surface area contributed by atoms with Gasteiger partial charge in [0.2, 0.25) is 5.91 Å². The van der Waals surface area contributed by atoms with E-state index in [2.05, 4.69) is 26.1 Å². The van der Waals surface area contributed by atoms with Gasteiger partial charge in [-0.2, -0.15) is 0 Å². The lowest BCUT2D eigenvalue weighted by Crippen LogP contribution is -2.65. The number of hydrogen-bond acceptors (Lipinski definition) is 2. The van der Waals surface area contributed by atoms with Crippen LogP contribution in [0.15, 0.2) is 0 Å². The molecule has 3 heteroatoms. The molecule has 0 aromatic carbocycles.